The number of urea groups is 1. The van der Waals surface area contributed by atoms with Crippen molar-refractivity contribution < 1.29 is 18.8 Å². The van der Waals surface area contributed by atoms with Crippen LogP contribution in [0.3, 0.4) is 0 Å². The van der Waals surface area contributed by atoms with Gasteiger partial charge in [0.15, 0.2) is 0 Å². The third-order valence-electron chi connectivity index (χ3n) is 4.08. The third kappa shape index (κ3) is 4.73. The Hall–Kier alpha value is -2.54. The summed E-state index contributed by atoms with van der Waals surface area (Å²) >= 11 is 0. The molecule has 2 amide bonds. The predicted octanol–water partition coefficient (Wildman–Crippen LogP) is 2.76. The summed E-state index contributed by atoms with van der Waals surface area (Å²) in [4.78, 5) is 12.2. The molecule has 1 saturated heterocycles. The highest BCUT2D eigenvalue weighted by Crippen LogP contribution is 2.20. The van der Waals surface area contributed by atoms with E-state index in [-0.39, 0.29) is 18.0 Å². The Morgan fingerprint density at radius 3 is 2.80 bits per heavy atom. The summed E-state index contributed by atoms with van der Waals surface area (Å²) in [6, 6.07) is 8.87. The molecule has 0 radical (unpaired) electrons. The summed E-state index contributed by atoms with van der Waals surface area (Å²) in [6.45, 7) is 5.52. The Labute approximate surface area is 146 Å². The lowest BCUT2D eigenvalue weighted by molar-refractivity contribution is 0.181. The number of anilines is 1. The molecule has 0 unspecified atom stereocenters. The molecule has 2 heterocycles. The molecule has 2 N–H and O–H groups in total. The minimum Gasteiger partial charge on any atom is -0.494 e. The highest BCUT2D eigenvalue weighted by molar-refractivity contribution is 5.89. The number of aryl methyl sites for hydroxylation is 1. The molecule has 1 aliphatic rings. The molecule has 7 heteroatoms. The fourth-order valence-electron chi connectivity index (χ4n) is 2.87. The second-order valence-electron chi connectivity index (χ2n) is 6.10. The molecule has 3 rings (SSSR count). The topological polar surface area (TPSA) is 85.6 Å². The summed E-state index contributed by atoms with van der Waals surface area (Å²) in [7, 11) is 0. The Balaban J connectivity index is 1.52. The highest BCUT2D eigenvalue weighted by Gasteiger charge is 2.30. The normalized spacial score (nSPS) is 19.6. The van der Waals surface area contributed by atoms with Gasteiger partial charge in [-0.25, -0.2) is 4.79 Å². The largest absolute Gasteiger partial charge is 0.494 e. The van der Waals surface area contributed by atoms with Crippen molar-refractivity contribution in [1.29, 1.82) is 0 Å². The number of carbonyl (C=O) groups excluding carboxylic acids is 1. The van der Waals surface area contributed by atoms with Crippen molar-refractivity contribution in [3.63, 3.8) is 0 Å². The third-order valence-corrected chi connectivity index (χ3v) is 4.08. The molecule has 134 valence electrons. The Kier molecular flexibility index (Phi) is 5.55. The van der Waals surface area contributed by atoms with Crippen LogP contribution in [0.1, 0.15) is 18.4 Å². The van der Waals surface area contributed by atoms with Crippen LogP contribution in [0, 0.1) is 12.8 Å². The summed E-state index contributed by atoms with van der Waals surface area (Å²) in [5, 5.41) is 9.70. The number of carbonyl (C=O) groups is 1. The van der Waals surface area contributed by atoms with Crippen molar-refractivity contribution in [1.82, 2.24) is 10.5 Å². The zero-order valence-electron chi connectivity index (χ0n) is 14.5. The number of amides is 2. The average molecular weight is 345 g/mol. The lowest BCUT2D eigenvalue weighted by atomic mass is 9.98. The van der Waals surface area contributed by atoms with Crippen molar-refractivity contribution in [3.8, 4) is 5.75 Å². The van der Waals surface area contributed by atoms with E-state index in [2.05, 4.69) is 15.8 Å². The van der Waals surface area contributed by atoms with Crippen LogP contribution in [0.25, 0.3) is 0 Å². The van der Waals surface area contributed by atoms with Crippen molar-refractivity contribution in [2.24, 2.45) is 5.92 Å². The highest BCUT2D eigenvalue weighted by atomic mass is 16.5. The number of aromatic nitrogens is 1. The minimum atomic E-state index is -0.251. The second kappa shape index (κ2) is 8.02. The van der Waals surface area contributed by atoms with E-state index in [9.17, 15) is 4.79 Å². The predicted molar refractivity (Wildman–Crippen MR) is 92.8 cm³/mol. The molecule has 25 heavy (non-hydrogen) atoms. The first-order chi connectivity index (χ1) is 12.1. The van der Waals surface area contributed by atoms with E-state index in [1.807, 2.05) is 44.2 Å². The maximum atomic E-state index is 12.2. The van der Waals surface area contributed by atoms with E-state index >= 15 is 0 Å². The van der Waals surface area contributed by atoms with E-state index in [1.165, 1.54) is 0 Å². The fourth-order valence-corrected chi connectivity index (χ4v) is 2.87. The first-order valence-corrected chi connectivity index (χ1v) is 8.44. The molecule has 0 bridgehead atoms. The van der Waals surface area contributed by atoms with Gasteiger partial charge in [0, 0.05) is 24.1 Å². The van der Waals surface area contributed by atoms with Crippen LogP contribution in [-0.2, 0) is 11.2 Å². The zero-order chi connectivity index (χ0) is 17.6. The first kappa shape index (κ1) is 17.3. The quantitative estimate of drug-likeness (QED) is 0.841. The molecule has 2 atom stereocenters. The van der Waals surface area contributed by atoms with Crippen molar-refractivity contribution >= 4 is 11.7 Å². The summed E-state index contributed by atoms with van der Waals surface area (Å²) in [6.07, 6.45) is 0.689. The Morgan fingerprint density at radius 2 is 2.12 bits per heavy atom. The van der Waals surface area contributed by atoms with Gasteiger partial charge in [-0.3, -0.25) is 0 Å². The number of rotatable bonds is 6. The van der Waals surface area contributed by atoms with Gasteiger partial charge < -0.3 is 24.6 Å². The number of nitrogens with zero attached hydrogens (tertiary/aromatic N) is 1. The van der Waals surface area contributed by atoms with Crippen molar-refractivity contribution in [2.45, 2.75) is 26.3 Å². The van der Waals surface area contributed by atoms with Crippen LogP contribution in [-0.4, -0.2) is 37.1 Å². The van der Waals surface area contributed by atoms with Crippen LogP contribution in [0.5, 0.6) is 5.75 Å². The molecule has 1 fully saturated rings. The maximum Gasteiger partial charge on any atom is 0.319 e. The number of benzene rings is 1. The molecule has 1 aliphatic heterocycles. The number of nitrogens with one attached hydrogen (secondary N) is 2. The monoisotopic (exact) mass is 345 g/mol. The minimum absolute atomic E-state index is 0.0619. The molecule has 0 spiro atoms. The summed E-state index contributed by atoms with van der Waals surface area (Å²) < 4.78 is 16.2. The van der Waals surface area contributed by atoms with Gasteiger partial charge in [-0.1, -0.05) is 5.16 Å². The van der Waals surface area contributed by atoms with Gasteiger partial charge in [-0.15, -0.1) is 0 Å². The van der Waals surface area contributed by atoms with Crippen LogP contribution in [0.4, 0.5) is 10.5 Å². The molecular formula is C18H23N3O4. The van der Waals surface area contributed by atoms with E-state index in [0.717, 1.165) is 17.2 Å². The Bertz CT molecular complexity index is 699. The fraction of sp³-hybridized carbons (Fsp3) is 0.444. The molecule has 0 saturated carbocycles. The van der Waals surface area contributed by atoms with Gasteiger partial charge in [-0.05, 0) is 38.1 Å². The lowest BCUT2D eigenvalue weighted by Gasteiger charge is -2.18. The van der Waals surface area contributed by atoms with E-state index in [1.54, 1.807) is 0 Å². The van der Waals surface area contributed by atoms with Gasteiger partial charge in [0.1, 0.15) is 11.5 Å². The molecule has 7 nitrogen and oxygen atoms in total. The summed E-state index contributed by atoms with van der Waals surface area (Å²) in [5.74, 6) is 1.75. The van der Waals surface area contributed by atoms with E-state index in [4.69, 9.17) is 14.0 Å². The molecule has 1 aromatic carbocycles. The standard InChI is InChI=1S/C18H23N3O4/c1-3-24-15-6-4-14(5-7-15)19-18(22)20-17-11-23-10-13(17)9-16-8-12(2)21-25-16/h4-8,13,17H,3,9-11H2,1-2H3,(H2,19,20,22)/t13-,17+/m1/s1. The summed E-state index contributed by atoms with van der Waals surface area (Å²) in [5.41, 5.74) is 1.56. The van der Waals surface area contributed by atoms with Crippen LogP contribution in [0.2, 0.25) is 0 Å². The van der Waals surface area contributed by atoms with Gasteiger partial charge in [-0.2, -0.15) is 0 Å². The number of ether oxygens (including phenoxy) is 2. The number of hydrogen-bond acceptors (Lipinski definition) is 5. The molecule has 0 aliphatic carbocycles. The van der Waals surface area contributed by atoms with Crippen LogP contribution >= 0.6 is 0 Å². The van der Waals surface area contributed by atoms with Gasteiger partial charge >= 0.3 is 6.03 Å². The van der Waals surface area contributed by atoms with Gasteiger partial charge in [0.2, 0.25) is 0 Å². The number of hydrogen-bond donors (Lipinski definition) is 2. The van der Waals surface area contributed by atoms with E-state index in [0.29, 0.717) is 31.9 Å². The average Bonchev–Trinajstić information content (AvgIpc) is 3.19. The van der Waals surface area contributed by atoms with Crippen molar-refractivity contribution in [2.75, 3.05) is 25.1 Å². The second-order valence-corrected chi connectivity index (χ2v) is 6.10. The van der Waals surface area contributed by atoms with Crippen molar-refractivity contribution in [3.05, 3.63) is 41.8 Å². The van der Waals surface area contributed by atoms with Crippen LogP contribution < -0.4 is 15.4 Å². The lowest BCUT2D eigenvalue weighted by Crippen LogP contribution is -2.42. The van der Waals surface area contributed by atoms with Crippen LogP contribution in [0.15, 0.2) is 34.9 Å². The van der Waals surface area contributed by atoms with Gasteiger partial charge in [0.05, 0.1) is 31.6 Å². The molecular weight excluding hydrogens is 322 g/mol. The first-order valence-electron chi connectivity index (χ1n) is 8.44. The molecule has 2 aromatic rings. The smallest absolute Gasteiger partial charge is 0.319 e. The SMILES string of the molecule is CCOc1ccc(NC(=O)N[C@H]2COC[C@H]2Cc2cc(C)no2)cc1. The van der Waals surface area contributed by atoms with E-state index < -0.39 is 0 Å². The zero-order valence-corrected chi connectivity index (χ0v) is 14.5. The maximum absolute atomic E-state index is 12.2. The Morgan fingerprint density at radius 1 is 1.32 bits per heavy atom. The van der Waals surface area contributed by atoms with Gasteiger partial charge in [0.25, 0.3) is 0 Å². The molecule has 1 aromatic heterocycles.